The number of nitrogens with one attached hydrogen (secondary N) is 1. The molecule has 3 rings (SSSR count). The second kappa shape index (κ2) is 4.79. The number of benzene rings is 1. The molecular formula is C15H22N2. The van der Waals surface area contributed by atoms with Crippen LogP contribution in [-0.4, -0.2) is 18.1 Å². The van der Waals surface area contributed by atoms with Gasteiger partial charge in [0.05, 0.1) is 0 Å². The molecule has 0 spiro atoms. The maximum absolute atomic E-state index is 5.97. The van der Waals surface area contributed by atoms with E-state index in [-0.39, 0.29) is 0 Å². The number of rotatable bonds is 2. The van der Waals surface area contributed by atoms with E-state index in [1.807, 2.05) is 0 Å². The molecule has 1 aromatic rings. The van der Waals surface area contributed by atoms with Gasteiger partial charge in [-0.2, -0.15) is 0 Å². The van der Waals surface area contributed by atoms with Gasteiger partial charge in [-0.1, -0.05) is 24.3 Å². The molecule has 0 amide bonds. The quantitative estimate of drug-likeness (QED) is 0.815. The van der Waals surface area contributed by atoms with Crippen molar-refractivity contribution in [2.45, 2.75) is 56.7 Å². The molecule has 1 fully saturated rings. The van der Waals surface area contributed by atoms with Crippen LogP contribution in [0.2, 0.25) is 0 Å². The molecule has 2 aliphatic rings. The normalized spacial score (nSPS) is 32.4. The Balaban J connectivity index is 1.61. The molecule has 2 aliphatic carbocycles. The Morgan fingerprint density at radius 1 is 1.00 bits per heavy atom. The molecule has 0 bridgehead atoms. The van der Waals surface area contributed by atoms with Gasteiger partial charge in [0, 0.05) is 18.1 Å². The first-order chi connectivity index (χ1) is 8.31. The maximum atomic E-state index is 5.97. The Hall–Kier alpha value is -0.860. The van der Waals surface area contributed by atoms with Gasteiger partial charge in [0.15, 0.2) is 0 Å². The molecule has 1 saturated carbocycles. The fraction of sp³-hybridized carbons (Fsp3) is 0.600. The highest BCUT2D eigenvalue weighted by atomic mass is 15.0. The zero-order valence-electron chi connectivity index (χ0n) is 10.4. The first-order valence-electron chi connectivity index (χ1n) is 6.89. The number of hydrogen-bond donors (Lipinski definition) is 2. The average Bonchev–Trinajstić information content (AvgIpc) is 2.75. The summed E-state index contributed by atoms with van der Waals surface area (Å²) in [6.07, 6.45) is 7.33. The van der Waals surface area contributed by atoms with E-state index in [2.05, 4.69) is 29.6 Å². The monoisotopic (exact) mass is 230 g/mol. The molecule has 1 aromatic carbocycles. The van der Waals surface area contributed by atoms with Crippen LogP contribution < -0.4 is 11.1 Å². The molecule has 92 valence electrons. The topological polar surface area (TPSA) is 38.0 Å². The van der Waals surface area contributed by atoms with Crippen LogP contribution in [0.25, 0.3) is 0 Å². The van der Waals surface area contributed by atoms with Crippen LogP contribution in [0.3, 0.4) is 0 Å². The van der Waals surface area contributed by atoms with E-state index in [0.29, 0.717) is 18.1 Å². The number of hydrogen-bond acceptors (Lipinski definition) is 2. The third-order valence-electron chi connectivity index (χ3n) is 4.29. The fourth-order valence-electron chi connectivity index (χ4n) is 3.34. The van der Waals surface area contributed by atoms with Gasteiger partial charge >= 0.3 is 0 Å². The molecule has 0 aromatic heterocycles. The van der Waals surface area contributed by atoms with Gasteiger partial charge in [-0.3, -0.25) is 0 Å². The van der Waals surface area contributed by atoms with E-state index in [1.54, 1.807) is 11.1 Å². The highest BCUT2D eigenvalue weighted by molar-refractivity contribution is 5.30. The van der Waals surface area contributed by atoms with Crippen LogP contribution in [0.1, 0.15) is 36.8 Å². The van der Waals surface area contributed by atoms with Crippen LogP contribution in [-0.2, 0) is 12.8 Å². The fourth-order valence-corrected chi connectivity index (χ4v) is 3.34. The molecule has 17 heavy (non-hydrogen) atoms. The second-order valence-electron chi connectivity index (χ2n) is 5.65. The first-order valence-corrected chi connectivity index (χ1v) is 6.89. The van der Waals surface area contributed by atoms with Crippen LogP contribution >= 0.6 is 0 Å². The van der Waals surface area contributed by atoms with Gasteiger partial charge in [-0.05, 0) is 49.7 Å². The predicted octanol–water partition coefficient (Wildman–Crippen LogP) is 2.01. The highest BCUT2D eigenvalue weighted by Crippen LogP contribution is 2.24. The molecule has 0 heterocycles. The molecule has 0 saturated heterocycles. The molecule has 0 aliphatic heterocycles. The van der Waals surface area contributed by atoms with Gasteiger partial charge in [-0.15, -0.1) is 0 Å². The zero-order chi connectivity index (χ0) is 11.7. The molecular weight excluding hydrogens is 208 g/mol. The van der Waals surface area contributed by atoms with Gasteiger partial charge in [0.2, 0.25) is 0 Å². The smallest absolute Gasteiger partial charge is 0.0113 e. The summed E-state index contributed by atoms with van der Waals surface area (Å²) < 4.78 is 0. The zero-order valence-corrected chi connectivity index (χ0v) is 10.4. The van der Waals surface area contributed by atoms with Crippen molar-refractivity contribution in [3.63, 3.8) is 0 Å². The summed E-state index contributed by atoms with van der Waals surface area (Å²) in [5, 5.41) is 3.81. The third-order valence-corrected chi connectivity index (χ3v) is 4.29. The van der Waals surface area contributed by atoms with E-state index in [0.717, 1.165) is 6.42 Å². The summed E-state index contributed by atoms with van der Waals surface area (Å²) in [5.74, 6) is 0. The minimum absolute atomic E-state index is 0.434. The highest BCUT2D eigenvalue weighted by Gasteiger charge is 2.25. The van der Waals surface area contributed by atoms with Crippen LogP contribution in [0.15, 0.2) is 24.3 Å². The Labute approximate surface area is 104 Å². The summed E-state index contributed by atoms with van der Waals surface area (Å²) in [6, 6.07) is 10.6. The number of aryl methyl sites for hydroxylation is 1. The summed E-state index contributed by atoms with van der Waals surface area (Å²) in [5.41, 5.74) is 9.06. The number of nitrogens with two attached hydrogens (primary N) is 1. The van der Waals surface area contributed by atoms with Gasteiger partial charge < -0.3 is 11.1 Å². The van der Waals surface area contributed by atoms with Crippen molar-refractivity contribution in [1.82, 2.24) is 5.32 Å². The number of fused-ring (bicyclic) bond motifs is 1. The minimum Gasteiger partial charge on any atom is -0.328 e. The van der Waals surface area contributed by atoms with Crippen LogP contribution in [0.5, 0.6) is 0 Å². The second-order valence-corrected chi connectivity index (χ2v) is 5.65. The van der Waals surface area contributed by atoms with Crippen LogP contribution in [0.4, 0.5) is 0 Å². The van der Waals surface area contributed by atoms with Crippen molar-refractivity contribution >= 4 is 0 Å². The van der Waals surface area contributed by atoms with Crippen molar-refractivity contribution < 1.29 is 0 Å². The van der Waals surface area contributed by atoms with Crippen LogP contribution in [0, 0.1) is 0 Å². The predicted molar refractivity (Wildman–Crippen MR) is 71.0 cm³/mol. The molecule has 2 heteroatoms. The molecule has 0 radical (unpaired) electrons. The summed E-state index contributed by atoms with van der Waals surface area (Å²) in [7, 11) is 0. The lowest BCUT2D eigenvalue weighted by Crippen LogP contribution is -2.41. The molecule has 3 N–H and O–H groups in total. The van der Waals surface area contributed by atoms with Crippen molar-refractivity contribution in [1.29, 1.82) is 0 Å². The van der Waals surface area contributed by atoms with Gasteiger partial charge in [0.25, 0.3) is 0 Å². The summed E-state index contributed by atoms with van der Waals surface area (Å²) in [6.45, 7) is 0. The van der Waals surface area contributed by atoms with E-state index in [9.17, 15) is 0 Å². The Bertz CT molecular complexity index is 388. The van der Waals surface area contributed by atoms with E-state index >= 15 is 0 Å². The van der Waals surface area contributed by atoms with E-state index in [1.165, 1.54) is 32.1 Å². The first kappa shape index (κ1) is 11.2. The van der Waals surface area contributed by atoms with Crippen molar-refractivity contribution in [2.24, 2.45) is 5.73 Å². The lowest BCUT2D eigenvalue weighted by atomic mass is 9.88. The minimum atomic E-state index is 0.434. The van der Waals surface area contributed by atoms with E-state index < -0.39 is 0 Å². The Morgan fingerprint density at radius 3 is 2.59 bits per heavy atom. The molecule has 3 unspecified atom stereocenters. The van der Waals surface area contributed by atoms with Crippen molar-refractivity contribution in [3.05, 3.63) is 35.4 Å². The Kier molecular flexibility index (Phi) is 3.17. The largest absolute Gasteiger partial charge is 0.328 e. The maximum Gasteiger partial charge on any atom is 0.0113 e. The van der Waals surface area contributed by atoms with E-state index in [4.69, 9.17) is 5.73 Å². The van der Waals surface area contributed by atoms with Gasteiger partial charge in [0.1, 0.15) is 0 Å². The van der Waals surface area contributed by atoms with Crippen molar-refractivity contribution in [2.75, 3.05) is 0 Å². The lowest BCUT2D eigenvalue weighted by molar-refractivity contribution is 0.393. The van der Waals surface area contributed by atoms with Gasteiger partial charge in [-0.25, -0.2) is 0 Å². The van der Waals surface area contributed by atoms with Crippen molar-refractivity contribution in [3.8, 4) is 0 Å². The third kappa shape index (κ3) is 2.53. The Morgan fingerprint density at radius 2 is 1.82 bits per heavy atom. The SMILES string of the molecule is NC1CCC(NC2CCc3ccccc3C2)C1. The molecule has 2 nitrogen and oxygen atoms in total. The molecule has 3 atom stereocenters. The summed E-state index contributed by atoms with van der Waals surface area (Å²) >= 11 is 0. The average molecular weight is 230 g/mol. The summed E-state index contributed by atoms with van der Waals surface area (Å²) in [4.78, 5) is 0. The standard InChI is InChI=1S/C15H22N2/c16-13-6-8-15(10-13)17-14-7-5-11-3-1-2-4-12(11)9-14/h1-4,13-15,17H,5-10,16H2. The lowest BCUT2D eigenvalue weighted by Gasteiger charge is -2.28.